The first kappa shape index (κ1) is 15.1. The van der Waals surface area contributed by atoms with Gasteiger partial charge in [-0.15, -0.1) is 0 Å². The summed E-state index contributed by atoms with van der Waals surface area (Å²) in [5.74, 6) is -1.26. The van der Waals surface area contributed by atoms with E-state index in [0.717, 1.165) is 19.3 Å². The highest BCUT2D eigenvalue weighted by Crippen LogP contribution is 2.15. The maximum atomic E-state index is 12.1. The summed E-state index contributed by atoms with van der Waals surface area (Å²) in [7, 11) is -1.66. The molecule has 1 rings (SSSR count). The first-order valence-corrected chi connectivity index (χ1v) is 7.67. The number of nitrogens with zero attached hydrogens (tertiary/aromatic N) is 1. The molecule has 1 saturated heterocycles. The first-order chi connectivity index (χ1) is 8.49. The molecule has 1 aliphatic rings. The summed E-state index contributed by atoms with van der Waals surface area (Å²) >= 11 is 0. The van der Waals surface area contributed by atoms with Gasteiger partial charge in [0.25, 0.3) is 0 Å². The van der Waals surface area contributed by atoms with Crippen molar-refractivity contribution < 1.29 is 18.9 Å². The van der Waals surface area contributed by atoms with E-state index in [1.165, 1.54) is 0 Å². The number of carbonyl (C=O) groups excluding carboxylic acids is 1. The Kier molecular flexibility index (Phi) is 5.78. The van der Waals surface area contributed by atoms with Crippen molar-refractivity contribution in [1.82, 2.24) is 4.90 Å². The van der Waals surface area contributed by atoms with Gasteiger partial charge >= 0.3 is 5.97 Å². The number of carbonyl (C=O) groups is 2. The molecule has 1 heterocycles. The highest BCUT2D eigenvalue weighted by atomic mass is 32.2. The van der Waals surface area contributed by atoms with Gasteiger partial charge in [-0.1, -0.05) is 6.92 Å². The summed E-state index contributed by atoms with van der Waals surface area (Å²) in [4.78, 5) is 24.8. The summed E-state index contributed by atoms with van der Waals surface area (Å²) in [5.41, 5.74) is 0. The van der Waals surface area contributed by atoms with Crippen LogP contribution in [0.5, 0.6) is 0 Å². The monoisotopic (exact) mass is 275 g/mol. The molecule has 1 N–H and O–H groups in total. The van der Waals surface area contributed by atoms with Crippen molar-refractivity contribution in [2.24, 2.45) is 0 Å². The number of carboxylic acid groups (broad SMARTS) is 1. The summed E-state index contributed by atoms with van der Waals surface area (Å²) in [6, 6.07) is 0. The smallest absolute Gasteiger partial charge is 0.319 e. The highest BCUT2D eigenvalue weighted by Gasteiger charge is 2.33. The molecule has 0 aromatic carbocycles. The topological polar surface area (TPSA) is 74.7 Å². The predicted octanol–water partition coefficient (Wildman–Crippen LogP) is 0.999. The quantitative estimate of drug-likeness (QED) is 0.812. The van der Waals surface area contributed by atoms with E-state index in [1.54, 1.807) is 18.7 Å². The average Bonchev–Trinajstić information content (AvgIpc) is 2.38. The molecule has 0 aromatic rings. The van der Waals surface area contributed by atoms with Gasteiger partial charge in [-0.05, 0) is 32.6 Å². The molecule has 0 spiro atoms. The molecule has 104 valence electrons. The first-order valence-electron chi connectivity index (χ1n) is 6.40. The van der Waals surface area contributed by atoms with Crippen LogP contribution in [0.2, 0.25) is 0 Å². The zero-order valence-corrected chi connectivity index (χ0v) is 11.7. The van der Waals surface area contributed by atoms with Gasteiger partial charge in [-0.25, -0.2) is 0 Å². The second kappa shape index (κ2) is 6.87. The van der Waals surface area contributed by atoms with Crippen molar-refractivity contribution in [2.75, 3.05) is 13.1 Å². The number of hydrogen-bond acceptors (Lipinski definition) is 3. The van der Waals surface area contributed by atoms with E-state index in [0.29, 0.717) is 13.1 Å². The minimum atomic E-state index is -1.66. The number of aliphatic carboxylic acids is 1. The molecule has 3 unspecified atom stereocenters. The van der Waals surface area contributed by atoms with Crippen molar-refractivity contribution in [3.05, 3.63) is 0 Å². The SMILES string of the molecule is CCC(C(=O)O)S(=O)C(C)C(=O)N1CCCCC1. The zero-order valence-electron chi connectivity index (χ0n) is 10.9. The van der Waals surface area contributed by atoms with Gasteiger partial charge in [0.15, 0.2) is 0 Å². The number of piperidine rings is 1. The van der Waals surface area contributed by atoms with Crippen molar-refractivity contribution in [3.63, 3.8) is 0 Å². The van der Waals surface area contributed by atoms with E-state index in [4.69, 9.17) is 5.11 Å². The summed E-state index contributed by atoms with van der Waals surface area (Å²) in [6.07, 6.45) is 3.34. The van der Waals surface area contributed by atoms with Gasteiger partial charge in [0.1, 0.15) is 10.5 Å². The van der Waals surface area contributed by atoms with Crippen LogP contribution in [0.25, 0.3) is 0 Å². The predicted molar refractivity (Wildman–Crippen MR) is 69.8 cm³/mol. The Morgan fingerprint density at radius 1 is 1.28 bits per heavy atom. The van der Waals surface area contributed by atoms with Crippen molar-refractivity contribution in [2.45, 2.75) is 50.0 Å². The third-order valence-corrected chi connectivity index (χ3v) is 5.28. The number of hydrogen-bond donors (Lipinski definition) is 1. The second-order valence-corrected chi connectivity index (χ2v) is 6.53. The van der Waals surface area contributed by atoms with Gasteiger partial charge < -0.3 is 10.0 Å². The Hall–Kier alpha value is -0.910. The maximum Gasteiger partial charge on any atom is 0.319 e. The van der Waals surface area contributed by atoms with Crippen LogP contribution >= 0.6 is 0 Å². The van der Waals surface area contributed by atoms with Crippen LogP contribution in [0.3, 0.4) is 0 Å². The van der Waals surface area contributed by atoms with Crippen LogP contribution in [0.15, 0.2) is 0 Å². The molecule has 0 radical (unpaired) electrons. The van der Waals surface area contributed by atoms with E-state index in [-0.39, 0.29) is 12.3 Å². The number of likely N-dealkylation sites (tertiary alicyclic amines) is 1. The standard InChI is InChI=1S/C12H21NO4S/c1-3-10(12(15)16)18(17)9(2)11(14)13-7-5-4-6-8-13/h9-10H,3-8H2,1-2H3,(H,15,16). The molecule has 1 amide bonds. The fourth-order valence-corrected chi connectivity index (χ4v) is 3.52. The molecular weight excluding hydrogens is 254 g/mol. The van der Waals surface area contributed by atoms with Crippen molar-refractivity contribution in [1.29, 1.82) is 0 Å². The third-order valence-electron chi connectivity index (χ3n) is 3.29. The minimum absolute atomic E-state index is 0.173. The normalized spacial score (nSPS) is 21.1. The van der Waals surface area contributed by atoms with E-state index in [1.807, 2.05) is 0 Å². The van der Waals surface area contributed by atoms with Gasteiger partial charge in [0.2, 0.25) is 5.91 Å². The molecule has 3 atom stereocenters. The lowest BCUT2D eigenvalue weighted by Gasteiger charge is -2.29. The number of carboxylic acids is 1. The van der Waals surface area contributed by atoms with Gasteiger partial charge in [0, 0.05) is 23.9 Å². The molecule has 1 fully saturated rings. The lowest BCUT2D eigenvalue weighted by molar-refractivity contribution is -0.136. The fourth-order valence-electron chi connectivity index (χ4n) is 2.16. The Labute approximate surface area is 110 Å². The largest absolute Gasteiger partial charge is 0.480 e. The van der Waals surface area contributed by atoms with E-state index in [2.05, 4.69) is 0 Å². The number of rotatable bonds is 5. The van der Waals surface area contributed by atoms with Gasteiger partial charge in [0.05, 0.1) is 0 Å². The minimum Gasteiger partial charge on any atom is -0.480 e. The summed E-state index contributed by atoms with van der Waals surface area (Å²) < 4.78 is 12.1. The molecule has 5 nitrogen and oxygen atoms in total. The lowest BCUT2D eigenvalue weighted by Crippen LogP contribution is -2.45. The van der Waals surface area contributed by atoms with Crippen LogP contribution in [0.4, 0.5) is 0 Å². The van der Waals surface area contributed by atoms with E-state index < -0.39 is 27.3 Å². The van der Waals surface area contributed by atoms with Gasteiger partial charge in [-0.2, -0.15) is 0 Å². The summed E-state index contributed by atoms with van der Waals surface area (Å²) in [5, 5.41) is 7.28. The molecule has 6 heteroatoms. The maximum absolute atomic E-state index is 12.1. The van der Waals surface area contributed by atoms with Crippen molar-refractivity contribution in [3.8, 4) is 0 Å². The van der Waals surface area contributed by atoms with Crippen LogP contribution in [-0.2, 0) is 20.4 Å². The molecule has 0 aliphatic carbocycles. The molecule has 18 heavy (non-hydrogen) atoms. The number of amides is 1. The fraction of sp³-hybridized carbons (Fsp3) is 0.833. The van der Waals surface area contributed by atoms with Crippen LogP contribution in [0, 0.1) is 0 Å². The van der Waals surface area contributed by atoms with E-state index >= 15 is 0 Å². The van der Waals surface area contributed by atoms with Crippen molar-refractivity contribution >= 4 is 22.7 Å². The highest BCUT2D eigenvalue weighted by molar-refractivity contribution is 7.87. The van der Waals surface area contributed by atoms with E-state index in [9.17, 15) is 13.8 Å². The van der Waals surface area contributed by atoms with Crippen LogP contribution in [0.1, 0.15) is 39.5 Å². The Bertz CT molecular complexity index is 339. The Morgan fingerprint density at radius 3 is 2.28 bits per heavy atom. The molecular formula is C12H21NO4S. The molecule has 0 aromatic heterocycles. The average molecular weight is 275 g/mol. The molecule has 1 aliphatic heterocycles. The van der Waals surface area contributed by atoms with Crippen LogP contribution in [-0.4, -0.2) is 49.7 Å². The molecule has 0 saturated carbocycles. The zero-order chi connectivity index (χ0) is 13.7. The molecule has 0 bridgehead atoms. The lowest BCUT2D eigenvalue weighted by atomic mass is 10.1. The third kappa shape index (κ3) is 3.54. The second-order valence-electron chi connectivity index (χ2n) is 4.59. The Balaban J connectivity index is 2.67. The summed E-state index contributed by atoms with van der Waals surface area (Å²) in [6.45, 7) is 4.64. The van der Waals surface area contributed by atoms with Gasteiger partial charge in [-0.3, -0.25) is 13.8 Å². The Morgan fingerprint density at radius 2 is 1.83 bits per heavy atom. The van der Waals surface area contributed by atoms with Crippen LogP contribution < -0.4 is 0 Å².